The second kappa shape index (κ2) is 18.2. The van der Waals surface area contributed by atoms with Crippen LogP contribution in [0.25, 0.3) is 95.0 Å². The first-order chi connectivity index (χ1) is 35.1. The summed E-state index contributed by atoms with van der Waals surface area (Å²) in [6.45, 7) is 17.2. The van der Waals surface area contributed by atoms with Gasteiger partial charge in [-0.2, -0.15) is 0 Å². The second-order valence-electron chi connectivity index (χ2n) is 21.9. The molecule has 0 radical (unpaired) electrons. The zero-order valence-electron chi connectivity index (χ0n) is 45.3. The van der Waals surface area contributed by atoms with Crippen LogP contribution < -0.4 is 0 Å². The molecule has 0 aliphatic rings. The molecule has 0 atom stereocenters. The molecule has 10 aromatic rings. The minimum absolute atomic E-state index is 0.157. The molecule has 352 valence electrons. The lowest BCUT2D eigenvalue weighted by atomic mass is 9.79. The normalized spacial score (nSPS) is 12.9. The van der Waals surface area contributed by atoms with Gasteiger partial charge >= 0.3 is 0 Å². The Labute approximate surface area is 424 Å². The molecule has 0 unspecified atom stereocenters. The number of fused-ring (bicyclic) bond motifs is 1. The predicted octanol–water partition coefficient (Wildman–Crippen LogP) is 18.0. The molecule has 1 N–H and O–H groups in total. The van der Waals surface area contributed by atoms with Gasteiger partial charge < -0.3 is 5.11 Å². The molecule has 0 aliphatic carbocycles. The van der Waals surface area contributed by atoms with Crippen molar-refractivity contribution < 1.29 is 9.22 Å². The van der Waals surface area contributed by atoms with E-state index in [0.717, 1.165) is 83.6 Å². The SMILES string of the molecule is [2H]C([2H])([2H])c1cc(-c2ccccc2)c(-n2c(-c3cc(C(C)(C)C)cc(C(C)(C)C)c3O)nc3c(-c4cc(-c5cc(-c6ccc(-c7ccccc7)cc6)ccn5)cc(C(C)(C)C)c4)cccc32)cc1-c1ccccc1. The van der Waals surface area contributed by atoms with E-state index in [9.17, 15) is 5.11 Å². The van der Waals surface area contributed by atoms with E-state index in [1.807, 2.05) is 85.1 Å². The largest absolute Gasteiger partial charge is 0.507 e. The van der Waals surface area contributed by atoms with Gasteiger partial charge in [0.1, 0.15) is 11.6 Å². The van der Waals surface area contributed by atoms with Gasteiger partial charge in [-0.1, -0.05) is 202 Å². The molecular formula is C67H63N3O. The van der Waals surface area contributed by atoms with Crippen LogP contribution in [0.4, 0.5) is 0 Å². The zero-order valence-corrected chi connectivity index (χ0v) is 42.3. The molecule has 0 bridgehead atoms. The molecule has 4 nitrogen and oxygen atoms in total. The van der Waals surface area contributed by atoms with Crippen LogP contribution in [0.1, 0.15) is 88.7 Å². The molecular weight excluding hydrogens is 863 g/mol. The highest BCUT2D eigenvalue weighted by Crippen LogP contribution is 2.47. The summed E-state index contributed by atoms with van der Waals surface area (Å²) in [6, 6.07) is 64.2. The number of phenols is 1. The highest BCUT2D eigenvalue weighted by atomic mass is 16.3. The Hall–Kier alpha value is -7.82. The topological polar surface area (TPSA) is 50.9 Å². The fourth-order valence-electron chi connectivity index (χ4n) is 9.66. The molecule has 0 spiro atoms. The van der Waals surface area contributed by atoms with Crippen LogP contribution in [0.2, 0.25) is 0 Å². The van der Waals surface area contributed by atoms with E-state index >= 15 is 0 Å². The highest BCUT2D eigenvalue weighted by Gasteiger charge is 2.30. The van der Waals surface area contributed by atoms with Gasteiger partial charge in [0.05, 0.1) is 28.0 Å². The molecule has 0 amide bonds. The van der Waals surface area contributed by atoms with E-state index in [1.165, 1.54) is 11.1 Å². The van der Waals surface area contributed by atoms with Gasteiger partial charge in [-0.25, -0.2) is 4.98 Å². The third kappa shape index (κ3) is 9.23. The third-order valence-electron chi connectivity index (χ3n) is 13.7. The van der Waals surface area contributed by atoms with Crippen molar-refractivity contribution in [3.05, 3.63) is 217 Å². The molecule has 0 aliphatic heterocycles. The molecule has 8 aromatic carbocycles. The number of para-hydroxylation sites is 1. The van der Waals surface area contributed by atoms with E-state index in [2.05, 4.69) is 176 Å². The van der Waals surface area contributed by atoms with Crippen molar-refractivity contribution in [1.29, 1.82) is 0 Å². The molecule has 2 aromatic heterocycles. The Balaban J connectivity index is 1.26. The van der Waals surface area contributed by atoms with Gasteiger partial charge in [-0.15, -0.1) is 0 Å². The Morgan fingerprint density at radius 3 is 1.61 bits per heavy atom. The minimum Gasteiger partial charge on any atom is -0.507 e. The fourth-order valence-corrected chi connectivity index (χ4v) is 9.66. The number of nitrogens with zero attached hydrogens (tertiary/aromatic N) is 3. The van der Waals surface area contributed by atoms with Gasteiger partial charge in [0.2, 0.25) is 0 Å². The number of hydrogen-bond donors (Lipinski definition) is 1. The van der Waals surface area contributed by atoms with Crippen molar-refractivity contribution >= 4 is 11.0 Å². The quantitative estimate of drug-likeness (QED) is 0.165. The Kier molecular flexibility index (Phi) is 11.1. The zero-order chi connectivity index (χ0) is 52.3. The van der Waals surface area contributed by atoms with Crippen LogP contribution in [0.3, 0.4) is 0 Å². The number of hydrogen-bond acceptors (Lipinski definition) is 3. The van der Waals surface area contributed by atoms with Crippen LogP contribution in [-0.4, -0.2) is 19.6 Å². The first kappa shape index (κ1) is 43.2. The van der Waals surface area contributed by atoms with E-state index in [-0.39, 0.29) is 22.1 Å². The number of pyridine rings is 1. The molecule has 71 heavy (non-hydrogen) atoms. The summed E-state index contributed by atoms with van der Waals surface area (Å²) in [5.74, 6) is 0.698. The minimum atomic E-state index is -2.43. The van der Waals surface area contributed by atoms with Crippen LogP contribution in [0.5, 0.6) is 5.75 Å². The van der Waals surface area contributed by atoms with Crippen LogP contribution in [0, 0.1) is 6.85 Å². The standard InChI is InChI=1S/C67H63N3O/c1-43-35-56(48-25-18-13-19-26-48)61(42-55(43)47-23-16-12-17-24-47)70-60-28-20-27-54(62(60)69-64(70)57-40-53(66(5,6)7)41-58(63(57)71)67(8,9)10)50-36-51(38-52(37-50)65(2,3)4)59-39-49(33-34-68-59)46-31-29-45(30-32-46)44-21-14-11-15-22-44/h11-42,71H,1-10H3/i1D3. The van der Waals surface area contributed by atoms with Crippen molar-refractivity contribution in [1.82, 2.24) is 14.5 Å². The lowest BCUT2D eigenvalue weighted by molar-refractivity contribution is 0.446. The lowest BCUT2D eigenvalue weighted by Gasteiger charge is -2.28. The van der Waals surface area contributed by atoms with Crippen molar-refractivity contribution in [3.63, 3.8) is 0 Å². The number of phenolic OH excluding ortho intramolecular Hbond substituents is 1. The van der Waals surface area contributed by atoms with E-state index in [1.54, 1.807) is 0 Å². The van der Waals surface area contributed by atoms with E-state index < -0.39 is 12.3 Å². The first-order valence-electron chi connectivity index (χ1n) is 26.1. The lowest BCUT2D eigenvalue weighted by Crippen LogP contribution is -2.17. The summed E-state index contributed by atoms with van der Waals surface area (Å²) in [7, 11) is 0. The number of imidazole rings is 1. The van der Waals surface area contributed by atoms with Gasteiger partial charge in [0, 0.05) is 32.6 Å². The number of aromatic nitrogens is 3. The second-order valence-corrected chi connectivity index (χ2v) is 21.9. The van der Waals surface area contributed by atoms with Crippen LogP contribution in [-0.2, 0) is 16.2 Å². The van der Waals surface area contributed by atoms with E-state index in [0.29, 0.717) is 17.0 Å². The van der Waals surface area contributed by atoms with Crippen molar-refractivity contribution in [2.24, 2.45) is 0 Å². The Bertz CT molecular complexity index is 3690. The maximum atomic E-state index is 12.7. The maximum absolute atomic E-state index is 12.7. The van der Waals surface area contributed by atoms with Crippen molar-refractivity contribution in [2.75, 3.05) is 0 Å². The molecule has 2 heterocycles. The number of rotatable bonds is 8. The smallest absolute Gasteiger partial charge is 0.149 e. The number of aromatic hydroxyl groups is 1. The molecule has 4 heteroatoms. The molecule has 0 saturated heterocycles. The Morgan fingerprint density at radius 1 is 0.437 bits per heavy atom. The average molecular weight is 929 g/mol. The first-order valence-corrected chi connectivity index (χ1v) is 24.6. The summed E-state index contributed by atoms with van der Waals surface area (Å²) in [5.41, 5.74) is 16.4. The molecule has 0 fully saturated rings. The van der Waals surface area contributed by atoms with Gasteiger partial charge in [-0.3, -0.25) is 9.55 Å². The van der Waals surface area contributed by atoms with Gasteiger partial charge in [0.15, 0.2) is 0 Å². The summed E-state index contributed by atoms with van der Waals surface area (Å²) < 4.78 is 28.8. The third-order valence-corrected chi connectivity index (χ3v) is 13.7. The fraction of sp³-hybridized carbons (Fsp3) is 0.194. The van der Waals surface area contributed by atoms with E-state index in [4.69, 9.17) is 14.1 Å². The molecule has 10 rings (SSSR count). The average Bonchev–Trinajstić information content (AvgIpc) is 3.78. The maximum Gasteiger partial charge on any atom is 0.149 e. The van der Waals surface area contributed by atoms with Crippen molar-refractivity contribution in [3.8, 4) is 89.7 Å². The summed E-state index contributed by atoms with van der Waals surface area (Å²) in [5, 5.41) is 12.7. The summed E-state index contributed by atoms with van der Waals surface area (Å²) in [4.78, 5) is 10.7. The summed E-state index contributed by atoms with van der Waals surface area (Å²) in [6.07, 6.45) is 1.89. The van der Waals surface area contributed by atoms with Crippen LogP contribution >= 0.6 is 0 Å². The van der Waals surface area contributed by atoms with Gasteiger partial charge in [0.25, 0.3) is 0 Å². The monoisotopic (exact) mass is 929 g/mol. The number of aryl methyl sites for hydroxylation is 1. The Morgan fingerprint density at radius 2 is 1.00 bits per heavy atom. The van der Waals surface area contributed by atoms with Crippen molar-refractivity contribution in [2.45, 2.75) is 85.4 Å². The van der Waals surface area contributed by atoms with Crippen LogP contribution in [0.15, 0.2) is 194 Å². The predicted molar refractivity (Wildman–Crippen MR) is 299 cm³/mol. The highest BCUT2D eigenvalue weighted by molar-refractivity contribution is 5.98. The molecule has 0 saturated carbocycles. The van der Waals surface area contributed by atoms with Gasteiger partial charge in [-0.05, 0) is 133 Å². The number of benzene rings is 8. The summed E-state index contributed by atoms with van der Waals surface area (Å²) >= 11 is 0.